The lowest BCUT2D eigenvalue weighted by Gasteiger charge is -2.35. The Morgan fingerprint density at radius 2 is 1.96 bits per heavy atom. The first-order chi connectivity index (χ1) is 13.8. The van der Waals surface area contributed by atoms with Crippen molar-refractivity contribution in [1.29, 1.82) is 0 Å². The molecular weight excluding hydrogens is 352 g/mol. The van der Waals surface area contributed by atoms with E-state index in [0.717, 1.165) is 62.2 Å². The summed E-state index contributed by atoms with van der Waals surface area (Å²) in [5, 5.41) is 0. The van der Waals surface area contributed by atoms with Gasteiger partial charge in [-0.25, -0.2) is 0 Å². The number of carbonyl (C=O) groups excluding carboxylic acids is 1. The minimum atomic E-state index is -0.0731. The van der Waals surface area contributed by atoms with E-state index >= 15 is 0 Å². The van der Waals surface area contributed by atoms with E-state index in [1.54, 1.807) is 7.11 Å². The lowest BCUT2D eigenvalue weighted by atomic mass is 9.85. The molecule has 5 heteroatoms. The molecule has 0 radical (unpaired) electrons. The average Bonchev–Trinajstić information content (AvgIpc) is 2.77. The van der Waals surface area contributed by atoms with Gasteiger partial charge in [0.05, 0.1) is 31.4 Å². The number of methoxy groups -OCH3 is 1. The molecule has 148 valence electrons. The second-order valence-electron chi connectivity index (χ2n) is 7.64. The fraction of sp³-hybridized carbons (Fsp3) is 0.478. The maximum Gasteiger partial charge on any atom is 0.231 e. The third-order valence-electron chi connectivity index (χ3n) is 5.91. The summed E-state index contributed by atoms with van der Waals surface area (Å²) in [7, 11) is 1.68. The highest BCUT2D eigenvalue weighted by atomic mass is 16.5. The molecule has 0 bridgehead atoms. The summed E-state index contributed by atoms with van der Waals surface area (Å²) in [4.78, 5) is 19.7. The summed E-state index contributed by atoms with van der Waals surface area (Å²) < 4.78 is 11.5. The molecular formula is C23H28N2O3. The molecule has 0 spiro atoms. The summed E-state index contributed by atoms with van der Waals surface area (Å²) in [5.41, 5.74) is 3.30. The molecule has 2 aromatic rings. The van der Waals surface area contributed by atoms with Crippen molar-refractivity contribution in [3.05, 3.63) is 59.4 Å². The fourth-order valence-electron chi connectivity index (χ4n) is 4.34. The lowest BCUT2D eigenvalue weighted by molar-refractivity contribution is -0.136. The van der Waals surface area contributed by atoms with Gasteiger partial charge in [-0.2, -0.15) is 0 Å². The molecule has 1 aromatic heterocycles. The van der Waals surface area contributed by atoms with Crippen LogP contribution < -0.4 is 4.74 Å². The molecule has 4 rings (SSSR count). The standard InChI is InChI=1S/C23H28N2O3/c1-27-21-10-3-2-6-18(21)16-28-19-11-14-25(15-12-19)23(26)20-9-4-7-17-8-5-13-24-22(17)20/h2-3,5-6,8,10,13,19-20H,4,7,9,11-12,14-16H2,1H3. The van der Waals surface area contributed by atoms with Crippen LogP contribution in [0, 0.1) is 0 Å². The minimum absolute atomic E-state index is 0.0731. The Kier molecular flexibility index (Phi) is 5.91. The number of pyridine rings is 1. The quantitative estimate of drug-likeness (QED) is 0.793. The number of ether oxygens (including phenoxy) is 2. The van der Waals surface area contributed by atoms with Crippen LogP contribution in [0.3, 0.4) is 0 Å². The smallest absolute Gasteiger partial charge is 0.231 e. The number of aryl methyl sites for hydroxylation is 1. The highest BCUT2D eigenvalue weighted by Gasteiger charge is 2.33. The zero-order chi connectivity index (χ0) is 19.3. The number of likely N-dealkylation sites (tertiary alicyclic amines) is 1. The summed E-state index contributed by atoms with van der Waals surface area (Å²) in [6.07, 6.45) is 6.76. The van der Waals surface area contributed by atoms with Crippen LogP contribution in [-0.2, 0) is 22.6 Å². The third-order valence-corrected chi connectivity index (χ3v) is 5.91. The molecule has 1 aromatic carbocycles. The molecule has 0 saturated carbocycles. The van der Waals surface area contributed by atoms with Gasteiger partial charge in [-0.3, -0.25) is 9.78 Å². The van der Waals surface area contributed by atoms with E-state index in [9.17, 15) is 4.79 Å². The van der Waals surface area contributed by atoms with E-state index in [4.69, 9.17) is 9.47 Å². The number of para-hydroxylation sites is 1. The van der Waals surface area contributed by atoms with Gasteiger partial charge in [-0.15, -0.1) is 0 Å². The van der Waals surface area contributed by atoms with Gasteiger partial charge in [0.15, 0.2) is 0 Å². The van der Waals surface area contributed by atoms with Gasteiger partial charge >= 0.3 is 0 Å². The number of benzene rings is 1. The largest absolute Gasteiger partial charge is 0.496 e. The lowest BCUT2D eigenvalue weighted by Crippen LogP contribution is -2.43. The molecule has 1 unspecified atom stereocenters. The number of hydrogen-bond donors (Lipinski definition) is 0. The first-order valence-electron chi connectivity index (χ1n) is 10.2. The van der Waals surface area contributed by atoms with E-state index in [1.165, 1.54) is 5.56 Å². The summed E-state index contributed by atoms with van der Waals surface area (Å²) in [6, 6.07) is 12.0. The van der Waals surface area contributed by atoms with Crippen molar-refractivity contribution in [1.82, 2.24) is 9.88 Å². The Balaban J connectivity index is 1.31. The highest BCUT2D eigenvalue weighted by molar-refractivity contribution is 5.84. The van der Waals surface area contributed by atoms with Crippen molar-refractivity contribution in [3.8, 4) is 5.75 Å². The topological polar surface area (TPSA) is 51.7 Å². The fourth-order valence-corrected chi connectivity index (χ4v) is 4.34. The maximum absolute atomic E-state index is 13.1. The Morgan fingerprint density at radius 1 is 1.14 bits per heavy atom. The highest BCUT2D eigenvalue weighted by Crippen LogP contribution is 2.32. The summed E-state index contributed by atoms with van der Waals surface area (Å²) in [5.74, 6) is 1.03. The van der Waals surface area contributed by atoms with Crippen LogP contribution in [0.1, 0.15) is 48.4 Å². The molecule has 1 aliphatic heterocycles. The molecule has 2 aliphatic rings. The van der Waals surface area contributed by atoms with Gasteiger partial charge in [-0.1, -0.05) is 24.3 Å². The first-order valence-corrected chi connectivity index (χ1v) is 10.2. The van der Waals surface area contributed by atoms with Crippen LogP contribution in [-0.4, -0.2) is 42.1 Å². The number of nitrogens with zero attached hydrogens (tertiary/aromatic N) is 2. The van der Waals surface area contributed by atoms with E-state index in [1.807, 2.05) is 41.4 Å². The molecule has 1 fully saturated rings. The van der Waals surface area contributed by atoms with Crippen molar-refractivity contribution in [3.63, 3.8) is 0 Å². The van der Waals surface area contributed by atoms with Crippen molar-refractivity contribution in [2.45, 2.75) is 50.7 Å². The van der Waals surface area contributed by atoms with Crippen LogP contribution in [0.2, 0.25) is 0 Å². The number of amides is 1. The van der Waals surface area contributed by atoms with Gasteiger partial charge < -0.3 is 14.4 Å². The number of hydrogen-bond acceptors (Lipinski definition) is 4. The Bertz CT molecular complexity index is 815. The SMILES string of the molecule is COc1ccccc1COC1CCN(C(=O)C2CCCc3cccnc32)CC1. The molecule has 0 N–H and O–H groups in total. The Labute approximate surface area is 166 Å². The van der Waals surface area contributed by atoms with Crippen LogP contribution in [0.4, 0.5) is 0 Å². The van der Waals surface area contributed by atoms with E-state index in [-0.39, 0.29) is 17.9 Å². The predicted molar refractivity (Wildman–Crippen MR) is 107 cm³/mol. The summed E-state index contributed by atoms with van der Waals surface area (Å²) in [6.45, 7) is 2.06. The minimum Gasteiger partial charge on any atom is -0.496 e. The van der Waals surface area contributed by atoms with Gasteiger partial charge in [0.1, 0.15) is 5.75 Å². The zero-order valence-corrected chi connectivity index (χ0v) is 16.5. The second-order valence-corrected chi connectivity index (χ2v) is 7.64. The molecule has 28 heavy (non-hydrogen) atoms. The third kappa shape index (κ3) is 4.04. The van der Waals surface area contributed by atoms with Gasteiger partial charge in [0.2, 0.25) is 5.91 Å². The predicted octanol–water partition coefficient (Wildman–Crippen LogP) is 3.72. The summed E-state index contributed by atoms with van der Waals surface area (Å²) >= 11 is 0. The Hall–Kier alpha value is -2.40. The molecule has 1 aliphatic carbocycles. The monoisotopic (exact) mass is 380 g/mol. The van der Waals surface area contributed by atoms with Crippen LogP contribution in [0.5, 0.6) is 5.75 Å². The van der Waals surface area contributed by atoms with Crippen molar-refractivity contribution in [2.24, 2.45) is 0 Å². The number of carbonyl (C=O) groups is 1. The van der Waals surface area contributed by atoms with E-state index in [2.05, 4.69) is 11.1 Å². The Morgan fingerprint density at radius 3 is 2.79 bits per heavy atom. The van der Waals surface area contributed by atoms with Crippen molar-refractivity contribution >= 4 is 5.91 Å². The average molecular weight is 380 g/mol. The van der Waals surface area contributed by atoms with E-state index < -0.39 is 0 Å². The van der Waals surface area contributed by atoms with Gasteiger partial charge in [0, 0.05) is 24.8 Å². The maximum atomic E-state index is 13.1. The molecule has 2 heterocycles. The van der Waals surface area contributed by atoms with Gasteiger partial charge in [0.25, 0.3) is 0 Å². The zero-order valence-electron chi connectivity index (χ0n) is 16.5. The van der Waals surface area contributed by atoms with Crippen molar-refractivity contribution in [2.75, 3.05) is 20.2 Å². The number of aromatic nitrogens is 1. The number of piperidine rings is 1. The molecule has 1 saturated heterocycles. The van der Waals surface area contributed by atoms with Crippen LogP contribution in [0.25, 0.3) is 0 Å². The molecule has 1 atom stereocenters. The van der Waals surface area contributed by atoms with Crippen molar-refractivity contribution < 1.29 is 14.3 Å². The molecule has 1 amide bonds. The first kappa shape index (κ1) is 18.9. The second kappa shape index (κ2) is 8.74. The van der Waals surface area contributed by atoms with Crippen LogP contribution in [0.15, 0.2) is 42.6 Å². The molecule has 5 nitrogen and oxygen atoms in total. The van der Waals surface area contributed by atoms with Crippen LogP contribution >= 0.6 is 0 Å². The normalized spacial score (nSPS) is 19.9. The van der Waals surface area contributed by atoms with Gasteiger partial charge in [-0.05, 0) is 49.8 Å². The number of fused-ring (bicyclic) bond motifs is 1. The van der Waals surface area contributed by atoms with E-state index in [0.29, 0.717) is 6.61 Å². The number of rotatable bonds is 5.